The molecule has 0 radical (unpaired) electrons. The predicted octanol–water partition coefficient (Wildman–Crippen LogP) is 3.70. The minimum Gasteiger partial charge on any atom is -0.385 e. The predicted molar refractivity (Wildman–Crippen MR) is 76.4 cm³/mol. The van der Waals surface area contributed by atoms with E-state index in [1.807, 2.05) is 0 Å². The number of anilines is 1. The van der Waals surface area contributed by atoms with Gasteiger partial charge in [-0.15, -0.1) is 0 Å². The minimum atomic E-state index is -0.388. The van der Waals surface area contributed by atoms with Crippen molar-refractivity contribution >= 4 is 11.4 Å². The van der Waals surface area contributed by atoms with E-state index in [2.05, 4.69) is 5.32 Å². The molecule has 5 heteroatoms. The second kappa shape index (κ2) is 6.14. The Hall–Kier alpha value is -2.43. The van der Waals surface area contributed by atoms with Crippen LogP contribution in [0.25, 0.3) is 0 Å². The van der Waals surface area contributed by atoms with E-state index in [1.54, 1.807) is 37.3 Å². The zero-order chi connectivity index (χ0) is 14.5. The first-order chi connectivity index (χ1) is 9.58. The monoisotopic (exact) mass is 274 g/mol. The highest BCUT2D eigenvalue weighted by Gasteiger charge is 2.11. The Morgan fingerprint density at radius 3 is 2.70 bits per heavy atom. The Morgan fingerprint density at radius 2 is 2.00 bits per heavy atom. The number of hydrogen-bond acceptors (Lipinski definition) is 3. The van der Waals surface area contributed by atoms with Gasteiger partial charge in [-0.1, -0.05) is 24.3 Å². The minimum absolute atomic E-state index is 0.115. The quantitative estimate of drug-likeness (QED) is 0.668. The average molecular weight is 274 g/mol. The molecule has 104 valence electrons. The normalized spacial score (nSPS) is 10.3. The van der Waals surface area contributed by atoms with E-state index in [0.29, 0.717) is 29.8 Å². The van der Waals surface area contributed by atoms with Gasteiger partial charge in [0.15, 0.2) is 0 Å². The van der Waals surface area contributed by atoms with Gasteiger partial charge in [-0.05, 0) is 31.0 Å². The second-order valence-electron chi connectivity index (χ2n) is 4.53. The molecule has 0 unspecified atom stereocenters. The summed E-state index contributed by atoms with van der Waals surface area (Å²) in [7, 11) is 0. The molecule has 0 saturated heterocycles. The first-order valence-corrected chi connectivity index (χ1v) is 6.30. The van der Waals surface area contributed by atoms with Gasteiger partial charge < -0.3 is 5.32 Å². The number of nitro groups is 1. The van der Waals surface area contributed by atoms with E-state index < -0.39 is 0 Å². The van der Waals surface area contributed by atoms with Gasteiger partial charge in [0.05, 0.1) is 4.92 Å². The topological polar surface area (TPSA) is 55.2 Å². The lowest BCUT2D eigenvalue weighted by molar-refractivity contribution is -0.385. The van der Waals surface area contributed by atoms with Gasteiger partial charge in [0.25, 0.3) is 5.69 Å². The van der Waals surface area contributed by atoms with Crippen LogP contribution in [0, 0.1) is 22.9 Å². The molecule has 0 aliphatic carbocycles. The van der Waals surface area contributed by atoms with E-state index in [0.717, 1.165) is 0 Å². The number of aryl methyl sites for hydroxylation is 1. The summed E-state index contributed by atoms with van der Waals surface area (Å²) in [5.74, 6) is -0.263. The Labute approximate surface area is 116 Å². The Bertz CT molecular complexity index is 629. The van der Waals surface area contributed by atoms with Crippen molar-refractivity contribution in [3.63, 3.8) is 0 Å². The number of benzene rings is 2. The molecule has 0 aliphatic rings. The van der Waals surface area contributed by atoms with Crippen LogP contribution in [-0.2, 0) is 6.42 Å². The van der Waals surface area contributed by atoms with Gasteiger partial charge in [0.1, 0.15) is 5.82 Å². The van der Waals surface area contributed by atoms with Crippen molar-refractivity contribution in [2.45, 2.75) is 13.3 Å². The molecular formula is C15H15FN2O2. The summed E-state index contributed by atoms with van der Waals surface area (Å²) < 4.78 is 13.4. The van der Waals surface area contributed by atoms with Gasteiger partial charge in [0, 0.05) is 23.9 Å². The summed E-state index contributed by atoms with van der Waals surface area (Å²) in [6.07, 6.45) is 0.507. The van der Waals surface area contributed by atoms with E-state index >= 15 is 0 Å². The molecule has 0 fully saturated rings. The molecule has 20 heavy (non-hydrogen) atoms. The van der Waals surface area contributed by atoms with E-state index in [-0.39, 0.29) is 16.4 Å². The molecule has 0 aliphatic heterocycles. The van der Waals surface area contributed by atoms with Gasteiger partial charge >= 0.3 is 0 Å². The largest absolute Gasteiger partial charge is 0.385 e. The van der Waals surface area contributed by atoms with E-state index in [4.69, 9.17) is 0 Å². The van der Waals surface area contributed by atoms with Crippen LogP contribution < -0.4 is 5.32 Å². The van der Waals surface area contributed by atoms with Crippen LogP contribution in [0.3, 0.4) is 0 Å². The second-order valence-corrected chi connectivity index (χ2v) is 4.53. The molecule has 0 saturated carbocycles. The Kier molecular flexibility index (Phi) is 4.30. The van der Waals surface area contributed by atoms with Crippen molar-refractivity contribution < 1.29 is 9.31 Å². The summed E-state index contributed by atoms with van der Waals surface area (Å²) in [5, 5.41) is 13.9. The third-order valence-electron chi connectivity index (χ3n) is 3.08. The van der Waals surface area contributed by atoms with Crippen molar-refractivity contribution in [3.05, 3.63) is 69.5 Å². The fourth-order valence-electron chi connectivity index (χ4n) is 1.94. The fraction of sp³-hybridized carbons (Fsp3) is 0.200. The van der Waals surface area contributed by atoms with E-state index in [9.17, 15) is 14.5 Å². The highest BCUT2D eigenvalue weighted by Crippen LogP contribution is 2.19. The highest BCUT2D eigenvalue weighted by atomic mass is 19.1. The maximum atomic E-state index is 13.4. The van der Waals surface area contributed by atoms with Crippen molar-refractivity contribution in [2.75, 3.05) is 11.9 Å². The zero-order valence-corrected chi connectivity index (χ0v) is 11.1. The Balaban J connectivity index is 1.99. The van der Waals surface area contributed by atoms with Crippen molar-refractivity contribution in [1.29, 1.82) is 0 Å². The molecule has 2 rings (SSSR count). The maximum absolute atomic E-state index is 13.4. The van der Waals surface area contributed by atoms with Crippen LogP contribution in [0.4, 0.5) is 15.8 Å². The average Bonchev–Trinajstić information content (AvgIpc) is 2.43. The third-order valence-corrected chi connectivity index (χ3v) is 3.08. The lowest BCUT2D eigenvalue weighted by Gasteiger charge is -2.08. The third kappa shape index (κ3) is 3.32. The molecule has 1 N–H and O–H groups in total. The maximum Gasteiger partial charge on any atom is 0.272 e. The smallest absolute Gasteiger partial charge is 0.272 e. The molecule has 0 amide bonds. The van der Waals surface area contributed by atoms with E-state index in [1.165, 1.54) is 12.1 Å². The molecule has 4 nitrogen and oxygen atoms in total. The molecule has 0 spiro atoms. The highest BCUT2D eigenvalue weighted by molar-refractivity contribution is 5.46. The molecule has 0 heterocycles. The number of para-hydroxylation sites is 1. The SMILES string of the molecule is Cc1ccc(NCCc2ccccc2[N+](=O)[O-])cc1F. The zero-order valence-electron chi connectivity index (χ0n) is 11.1. The lowest BCUT2D eigenvalue weighted by Crippen LogP contribution is -2.06. The number of rotatable bonds is 5. The molecule has 0 bridgehead atoms. The summed E-state index contributed by atoms with van der Waals surface area (Å²) in [6.45, 7) is 2.21. The van der Waals surface area contributed by atoms with Crippen LogP contribution in [0.5, 0.6) is 0 Å². The number of nitrogens with zero attached hydrogens (tertiary/aromatic N) is 1. The molecule has 2 aromatic carbocycles. The van der Waals surface area contributed by atoms with Crippen LogP contribution in [0.15, 0.2) is 42.5 Å². The van der Waals surface area contributed by atoms with Gasteiger partial charge in [-0.2, -0.15) is 0 Å². The summed E-state index contributed by atoms with van der Waals surface area (Å²) in [5.41, 5.74) is 2.04. The van der Waals surface area contributed by atoms with Crippen LogP contribution in [-0.4, -0.2) is 11.5 Å². The van der Waals surface area contributed by atoms with Gasteiger partial charge in [-0.3, -0.25) is 10.1 Å². The number of nitrogens with one attached hydrogen (secondary N) is 1. The van der Waals surface area contributed by atoms with Crippen molar-refractivity contribution in [2.24, 2.45) is 0 Å². The fourth-order valence-corrected chi connectivity index (χ4v) is 1.94. The number of halogens is 1. The summed E-state index contributed by atoms with van der Waals surface area (Å²) >= 11 is 0. The van der Waals surface area contributed by atoms with Crippen molar-refractivity contribution in [1.82, 2.24) is 0 Å². The first-order valence-electron chi connectivity index (χ1n) is 6.30. The van der Waals surface area contributed by atoms with Crippen molar-refractivity contribution in [3.8, 4) is 0 Å². The van der Waals surface area contributed by atoms with Gasteiger partial charge in [-0.25, -0.2) is 4.39 Å². The Morgan fingerprint density at radius 1 is 1.25 bits per heavy atom. The first kappa shape index (κ1) is 14.0. The molecule has 0 aromatic heterocycles. The van der Waals surface area contributed by atoms with Crippen LogP contribution in [0.2, 0.25) is 0 Å². The van der Waals surface area contributed by atoms with Gasteiger partial charge in [0.2, 0.25) is 0 Å². The van der Waals surface area contributed by atoms with Crippen LogP contribution >= 0.6 is 0 Å². The standard InChI is InChI=1S/C15H15FN2O2/c1-11-6-7-13(10-14(11)16)17-9-8-12-4-2-3-5-15(12)18(19)20/h2-7,10,17H,8-9H2,1H3. The summed E-state index contributed by atoms with van der Waals surface area (Å²) in [6, 6.07) is 11.5. The molecular weight excluding hydrogens is 259 g/mol. The summed E-state index contributed by atoms with van der Waals surface area (Å²) in [4.78, 5) is 10.5. The van der Waals surface area contributed by atoms with Crippen LogP contribution in [0.1, 0.15) is 11.1 Å². The number of nitro benzene ring substituents is 1. The number of hydrogen-bond donors (Lipinski definition) is 1. The molecule has 0 atom stereocenters. The lowest BCUT2D eigenvalue weighted by atomic mass is 10.1. The molecule has 2 aromatic rings.